The molecule has 4 aromatic rings. The van der Waals surface area contributed by atoms with E-state index in [1.807, 2.05) is 0 Å². The average Bonchev–Trinajstić information content (AvgIpc) is 2.67. The van der Waals surface area contributed by atoms with E-state index in [4.69, 9.17) is 9.72 Å². The number of hydrogen-bond acceptors (Lipinski definition) is 2. The normalized spacial score (nSPS) is 13.4. The van der Waals surface area contributed by atoms with Gasteiger partial charge in [-0.05, 0) is 0 Å². The van der Waals surface area contributed by atoms with Crippen LogP contribution in [0.15, 0.2) is 48.7 Å². The van der Waals surface area contributed by atoms with Crippen LogP contribution < -0.4 is 9.13 Å². The van der Waals surface area contributed by atoms with Crippen molar-refractivity contribution >= 4 is 39.2 Å². The van der Waals surface area contributed by atoms with Gasteiger partial charge >= 0.3 is 188 Å². The Morgan fingerprint density at radius 3 is 2.42 bits per heavy atom. The van der Waals surface area contributed by atoms with Crippen LogP contribution in [0, 0.1) is 12.3 Å². The number of aromatic nitrogens is 1. The molecule has 0 bridgehead atoms. The van der Waals surface area contributed by atoms with Crippen molar-refractivity contribution in [2.45, 2.75) is 51.4 Å². The van der Waals surface area contributed by atoms with Crippen molar-refractivity contribution in [1.29, 1.82) is 0 Å². The second kappa shape index (κ2) is 6.83. The molecular weight excluding hydrogens is 439 g/mol. The van der Waals surface area contributed by atoms with E-state index in [2.05, 4.69) is 93.6 Å². The van der Waals surface area contributed by atoms with Crippen LogP contribution >= 0.6 is 0 Å². The van der Waals surface area contributed by atoms with Gasteiger partial charge in [-0.1, -0.05) is 0 Å². The maximum atomic E-state index is 6.69. The molecule has 158 valence electrons. The van der Waals surface area contributed by atoms with Gasteiger partial charge in [-0.15, -0.1) is 0 Å². The summed E-state index contributed by atoms with van der Waals surface area (Å²) in [5.41, 5.74) is 4.94. The van der Waals surface area contributed by atoms with Crippen LogP contribution in [0.3, 0.4) is 0 Å². The Morgan fingerprint density at radius 1 is 0.968 bits per heavy atom. The van der Waals surface area contributed by atoms with Gasteiger partial charge in [-0.2, -0.15) is 0 Å². The molecule has 0 N–H and O–H groups in total. The van der Waals surface area contributed by atoms with Gasteiger partial charge in [-0.25, -0.2) is 0 Å². The second-order valence-corrected chi connectivity index (χ2v) is 21.8. The molecule has 0 aliphatic carbocycles. The van der Waals surface area contributed by atoms with Crippen molar-refractivity contribution in [3.8, 4) is 22.8 Å². The number of fused-ring (bicyclic) bond motifs is 3. The third kappa shape index (κ3) is 3.45. The van der Waals surface area contributed by atoms with E-state index < -0.39 is 13.3 Å². The number of ether oxygens (including phenoxy) is 1. The van der Waals surface area contributed by atoms with Crippen LogP contribution in [-0.4, -0.2) is 18.3 Å². The molecule has 0 radical (unpaired) electrons. The summed E-state index contributed by atoms with van der Waals surface area (Å²) in [5, 5.41) is 5.03. The average molecular weight is 470 g/mol. The Hall–Kier alpha value is -2.33. The van der Waals surface area contributed by atoms with Crippen molar-refractivity contribution in [1.82, 2.24) is 4.98 Å². The Kier molecular flexibility index (Phi) is 4.53. The molecule has 0 fully saturated rings. The van der Waals surface area contributed by atoms with E-state index in [9.17, 15) is 0 Å². The monoisotopic (exact) mass is 471 g/mol. The van der Waals surface area contributed by atoms with Crippen LogP contribution in [0.4, 0.5) is 0 Å². The summed E-state index contributed by atoms with van der Waals surface area (Å²) in [4.78, 5) is 5.06. The van der Waals surface area contributed by atoms with Crippen LogP contribution in [0.25, 0.3) is 32.8 Å². The van der Waals surface area contributed by atoms with Gasteiger partial charge in [0, 0.05) is 0 Å². The molecule has 0 saturated heterocycles. The number of pyridine rings is 1. The summed E-state index contributed by atoms with van der Waals surface area (Å²) >= 11 is -2.13. The summed E-state index contributed by atoms with van der Waals surface area (Å²) in [6.45, 7) is 9.07. The van der Waals surface area contributed by atoms with E-state index in [0.717, 1.165) is 29.2 Å². The van der Waals surface area contributed by atoms with Crippen LogP contribution in [0.1, 0.15) is 31.9 Å². The summed E-state index contributed by atoms with van der Waals surface area (Å²) in [6.07, 6.45) is 3.19. The van der Waals surface area contributed by atoms with Crippen LogP contribution in [-0.2, 0) is 6.42 Å². The number of nitrogens with zero attached hydrogens (tertiary/aromatic N) is 1. The Bertz CT molecular complexity index is 1360. The summed E-state index contributed by atoms with van der Waals surface area (Å²) < 4.78 is 8.15. The molecule has 31 heavy (non-hydrogen) atoms. The van der Waals surface area contributed by atoms with Gasteiger partial charge in [0.1, 0.15) is 0 Å². The minimum atomic E-state index is -2.13. The van der Waals surface area contributed by atoms with Gasteiger partial charge in [0.05, 0.1) is 0 Å². The quantitative estimate of drug-likeness (QED) is 0.248. The third-order valence-electron chi connectivity index (χ3n) is 6.27. The number of benzene rings is 3. The van der Waals surface area contributed by atoms with E-state index in [-0.39, 0.29) is 5.41 Å². The Balaban J connectivity index is 1.87. The fourth-order valence-electron chi connectivity index (χ4n) is 4.92. The fraction of sp³-hybridized carbons (Fsp3) is 0.321. The first-order valence-electron chi connectivity index (χ1n) is 11.2. The van der Waals surface area contributed by atoms with Crippen molar-refractivity contribution in [2.75, 3.05) is 0 Å². The van der Waals surface area contributed by atoms with E-state index in [0.29, 0.717) is 0 Å². The molecule has 0 amide bonds. The molecule has 0 saturated carbocycles. The maximum absolute atomic E-state index is 6.69. The molecule has 0 atom stereocenters. The zero-order valence-electron chi connectivity index (χ0n) is 19.7. The molecule has 1 aliphatic rings. The molecular formula is C28H31GeNO. The van der Waals surface area contributed by atoms with Crippen LogP contribution in [0.2, 0.25) is 17.3 Å². The first kappa shape index (κ1) is 20.6. The molecule has 5 rings (SSSR count). The predicted molar refractivity (Wildman–Crippen MR) is 136 cm³/mol. The van der Waals surface area contributed by atoms with Gasteiger partial charge in [0.25, 0.3) is 0 Å². The van der Waals surface area contributed by atoms with Crippen molar-refractivity contribution in [3.05, 3.63) is 59.8 Å². The van der Waals surface area contributed by atoms with Crippen molar-refractivity contribution < 1.29 is 4.74 Å². The van der Waals surface area contributed by atoms with Gasteiger partial charge in [0.2, 0.25) is 0 Å². The summed E-state index contributed by atoms with van der Waals surface area (Å²) in [6, 6.07) is 15.5. The first-order valence-corrected chi connectivity index (χ1v) is 18.5. The summed E-state index contributed by atoms with van der Waals surface area (Å²) in [5.74, 6) is 9.27. The number of hydrogen-bond donors (Lipinski definition) is 0. The van der Waals surface area contributed by atoms with E-state index in [1.54, 1.807) is 0 Å². The molecule has 0 unspecified atom stereocenters. The minimum absolute atomic E-state index is 0.221. The molecule has 2 heterocycles. The van der Waals surface area contributed by atoms with Crippen LogP contribution in [0.5, 0.6) is 11.5 Å². The number of rotatable bonds is 2. The zero-order valence-corrected chi connectivity index (χ0v) is 21.8. The second-order valence-electron chi connectivity index (χ2n) is 11.2. The van der Waals surface area contributed by atoms with Crippen molar-refractivity contribution in [2.24, 2.45) is 5.41 Å². The van der Waals surface area contributed by atoms with E-state index >= 15 is 0 Å². The zero-order chi connectivity index (χ0) is 22.1. The Morgan fingerprint density at radius 2 is 1.71 bits per heavy atom. The molecule has 3 heteroatoms. The van der Waals surface area contributed by atoms with Gasteiger partial charge in [0.15, 0.2) is 0 Å². The SMILES string of the molecule is Cc1c2c(cc3ccccc13)-c1nc[c]([Ge]([CH3])([CH3])[CH3])c3cc(CC(C)(C)C)cc(c13)O2. The fourth-order valence-corrected chi connectivity index (χ4v) is 7.97. The molecule has 0 spiro atoms. The third-order valence-corrected chi connectivity index (χ3v) is 10.5. The molecule has 2 nitrogen and oxygen atoms in total. The van der Waals surface area contributed by atoms with Gasteiger partial charge < -0.3 is 0 Å². The van der Waals surface area contributed by atoms with E-state index in [1.165, 1.54) is 37.1 Å². The topological polar surface area (TPSA) is 22.1 Å². The standard InChI is InChI=1S/C28H31GeNO/c1-17-20-11-9-8-10-19(20)14-22-26-25-21(23(16-30-26)29(5,6)7)12-18(15-28(2,3)4)13-24(25)31-27(17)22/h8-14,16H,15H2,1-7H3. The van der Waals surface area contributed by atoms with Crippen molar-refractivity contribution in [3.63, 3.8) is 0 Å². The summed E-state index contributed by atoms with van der Waals surface area (Å²) in [7, 11) is 0. The van der Waals surface area contributed by atoms with Gasteiger partial charge in [-0.3, -0.25) is 0 Å². The first-order chi connectivity index (χ1) is 14.5. The molecule has 1 aliphatic heterocycles. The molecule has 3 aromatic carbocycles. The number of aryl methyl sites for hydroxylation is 1. The molecule has 1 aromatic heterocycles. The Labute approximate surface area is 188 Å². The predicted octanol–water partition coefficient (Wildman–Crippen LogP) is 7.60.